The van der Waals surface area contributed by atoms with E-state index in [1.165, 1.54) is 0 Å². The van der Waals surface area contributed by atoms with Gasteiger partial charge in [0.15, 0.2) is 0 Å². The van der Waals surface area contributed by atoms with Crippen molar-refractivity contribution in [1.82, 2.24) is 0 Å². The van der Waals surface area contributed by atoms with E-state index in [9.17, 15) is 20.4 Å². The molecular weight excluding hydrogens is 584 g/mol. The second-order valence-corrected chi connectivity index (χ2v) is 13.1. The van der Waals surface area contributed by atoms with Crippen LogP contribution in [0.25, 0.3) is 0 Å². The lowest BCUT2D eigenvalue weighted by Gasteiger charge is -2.63. The zero-order valence-electron chi connectivity index (χ0n) is 25.3. The summed E-state index contributed by atoms with van der Waals surface area (Å²) in [5.41, 5.74) is -8.41. The second kappa shape index (κ2) is 10.8. The summed E-state index contributed by atoms with van der Waals surface area (Å²) >= 11 is 0. The Balaban J connectivity index is 1.54. The first-order valence-electron chi connectivity index (χ1n) is 15.9. The maximum absolute atomic E-state index is 13.9. The normalized spacial score (nSPS) is 29.6. The number of hydrogen-bond donors (Lipinski definition) is 4. The Hall–Kier alpha value is -3.44. The molecule has 4 aromatic carbocycles. The molecule has 4 aromatic rings. The topological polar surface area (TPSA) is 131 Å². The Morgan fingerprint density at radius 3 is 0.935 bits per heavy atom. The van der Waals surface area contributed by atoms with Crippen LogP contribution in [0.2, 0.25) is 0 Å². The highest BCUT2D eigenvalue weighted by Gasteiger charge is 2.83. The van der Waals surface area contributed by atoms with E-state index in [0.717, 1.165) is 0 Å². The molecule has 238 valence electrons. The summed E-state index contributed by atoms with van der Waals surface area (Å²) in [7, 11) is 0. The minimum absolute atomic E-state index is 0.170. The molecule has 4 fully saturated rings. The average Bonchev–Trinajstić information content (AvgIpc) is 3.94. The van der Waals surface area contributed by atoms with Gasteiger partial charge in [0.25, 0.3) is 0 Å². The summed E-state index contributed by atoms with van der Waals surface area (Å²) in [6.45, 7) is 0.773. The summed E-state index contributed by atoms with van der Waals surface area (Å²) < 4.78 is 23.9. The Kier molecular flexibility index (Phi) is 7.03. The highest BCUT2D eigenvalue weighted by molar-refractivity contribution is 5.46. The van der Waals surface area contributed by atoms with Crippen molar-refractivity contribution in [3.63, 3.8) is 0 Å². The molecule has 4 heterocycles. The van der Waals surface area contributed by atoms with Gasteiger partial charge in [-0.25, -0.2) is 0 Å². The number of benzene rings is 4. The number of epoxide rings is 4. The number of aliphatic hydroxyl groups is 4. The smallest absolute Gasteiger partial charge is 0.130 e. The molecule has 0 amide bonds. The Bertz CT molecular complexity index is 1510. The predicted molar refractivity (Wildman–Crippen MR) is 167 cm³/mol. The molecule has 8 heteroatoms. The Labute approximate surface area is 267 Å². The number of hydrogen-bond acceptors (Lipinski definition) is 8. The van der Waals surface area contributed by atoms with Crippen molar-refractivity contribution >= 4 is 0 Å². The third-order valence-corrected chi connectivity index (χ3v) is 10.7. The molecule has 8 rings (SSSR count). The Morgan fingerprint density at radius 2 is 0.674 bits per heavy atom. The lowest BCUT2D eigenvalue weighted by Crippen LogP contribution is -2.74. The summed E-state index contributed by atoms with van der Waals surface area (Å²) in [5.74, 6) is 0. The van der Waals surface area contributed by atoms with Gasteiger partial charge in [0.1, 0.15) is 46.8 Å². The van der Waals surface area contributed by atoms with Crippen molar-refractivity contribution in [2.45, 2.75) is 53.2 Å². The van der Waals surface area contributed by atoms with Crippen LogP contribution in [0.15, 0.2) is 121 Å². The fraction of sp³-hybridized carbons (Fsp3) is 0.368. The van der Waals surface area contributed by atoms with Gasteiger partial charge in [-0.2, -0.15) is 0 Å². The molecule has 8 nitrogen and oxygen atoms in total. The van der Waals surface area contributed by atoms with Crippen molar-refractivity contribution in [3.8, 4) is 0 Å². The van der Waals surface area contributed by atoms with E-state index in [4.69, 9.17) is 18.9 Å². The summed E-state index contributed by atoms with van der Waals surface area (Å²) in [5, 5.41) is 54.8. The molecule has 8 unspecified atom stereocenters. The molecule has 4 aliphatic heterocycles. The van der Waals surface area contributed by atoms with E-state index in [2.05, 4.69) is 0 Å². The van der Waals surface area contributed by atoms with Crippen LogP contribution in [0.4, 0.5) is 0 Å². The van der Waals surface area contributed by atoms with Gasteiger partial charge in [-0.15, -0.1) is 0 Å². The quantitative estimate of drug-likeness (QED) is 0.167. The van der Waals surface area contributed by atoms with E-state index >= 15 is 0 Å². The number of ether oxygens (including phenoxy) is 4. The van der Waals surface area contributed by atoms with E-state index < -0.39 is 52.2 Å². The van der Waals surface area contributed by atoms with Gasteiger partial charge in [-0.1, -0.05) is 121 Å². The van der Waals surface area contributed by atoms with Crippen LogP contribution in [0.3, 0.4) is 0 Å². The van der Waals surface area contributed by atoms with Crippen LogP contribution in [-0.4, -0.2) is 71.3 Å². The molecule has 0 spiro atoms. The van der Waals surface area contributed by atoms with Gasteiger partial charge >= 0.3 is 0 Å². The lowest BCUT2D eigenvalue weighted by molar-refractivity contribution is -0.327. The Morgan fingerprint density at radius 1 is 0.413 bits per heavy atom. The van der Waals surface area contributed by atoms with Crippen molar-refractivity contribution in [1.29, 1.82) is 0 Å². The maximum Gasteiger partial charge on any atom is 0.130 e. The van der Waals surface area contributed by atoms with Crippen LogP contribution in [0.1, 0.15) is 28.7 Å². The zero-order valence-corrected chi connectivity index (χ0v) is 25.3. The first-order valence-corrected chi connectivity index (χ1v) is 15.9. The first-order chi connectivity index (χ1) is 22.3. The highest BCUT2D eigenvalue weighted by Crippen LogP contribution is 2.72. The van der Waals surface area contributed by atoms with Gasteiger partial charge in [0.2, 0.25) is 0 Å². The molecule has 0 radical (unpaired) electrons. The molecule has 4 saturated heterocycles. The van der Waals surface area contributed by atoms with Gasteiger partial charge < -0.3 is 39.4 Å². The van der Waals surface area contributed by atoms with Crippen LogP contribution in [-0.2, 0) is 41.4 Å². The second-order valence-electron chi connectivity index (χ2n) is 13.1. The highest BCUT2D eigenvalue weighted by atomic mass is 16.6. The van der Waals surface area contributed by atoms with Crippen LogP contribution >= 0.6 is 0 Å². The average molecular weight is 623 g/mol. The van der Waals surface area contributed by atoms with Crippen molar-refractivity contribution in [2.24, 2.45) is 5.41 Å². The lowest BCUT2D eigenvalue weighted by atomic mass is 9.43. The van der Waals surface area contributed by atoms with Gasteiger partial charge in [0, 0.05) is 0 Å². The van der Waals surface area contributed by atoms with E-state index in [0.29, 0.717) is 22.3 Å². The van der Waals surface area contributed by atoms with E-state index in [1.54, 1.807) is 36.4 Å². The number of rotatable bonds is 13. The maximum atomic E-state index is 13.9. The molecule has 4 N–H and O–H groups in total. The zero-order chi connectivity index (χ0) is 31.6. The van der Waals surface area contributed by atoms with Crippen molar-refractivity contribution in [2.75, 3.05) is 26.4 Å². The fourth-order valence-corrected chi connectivity index (χ4v) is 8.20. The van der Waals surface area contributed by atoms with Gasteiger partial charge in [-0.3, -0.25) is 0 Å². The minimum Gasteiger partial charge on any atom is -0.382 e. The molecule has 46 heavy (non-hydrogen) atoms. The first kappa shape index (κ1) is 29.9. The third-order valence-electron chi connectivity index (χ3n) is 10.7. The predicted octanol–water partition coefficient (Wildman–Crippen LogP) is 3.51. The summed E-state index contributed by atoms with van der Waals surface area (Å²) in [4.78, 5) is 0. The van der Waals surface area contributed by atoms with E-state index in [1.807, 2.05) is 84.9 Å². The molecule has 0 aliphatic carbocycles. The van der Waals surface area contributed by atoms with Crippen LogP contribution < -0.4 is 0 Å². The van der Waals surface area contributed by atoms with Crippen molar-refractivity contribution in [3.05, 3.63) is 144 Å². The van der Waals surface area contributed by atoms with Gasteiger partial charge in [0.05, 0.1) is 31.8 Å². The molecule has 0 bridgehead atoms. The standard InChI is InChI=1S/C38H38O8/c39-34(30-21-43-30,26-13-5-1-6-14-26)25-35(36(40,31-22-44-31)27-15-7-2-8-16-27,37(41,32-23-45-32)28-17-9-3-10-18-28)38(42,33-24-46-33)29-19-11-4-12-20-29/h1-20,30-33,39-42H,21-25H2. The SMILES string of the molecule is OC(CC(C(O)(c1ccccc1)C1CO1)(C(O)(c1ccccc1)C1CO1)C(O)(c1ccccc1)C1CO1)(c1ccccc1)C1CO1. The minimum atomic E-state index is -2.11. The molecule has 8 atom stereocenters. The molecule has 0 saturated carbocycles. The van der Waals surface area contributed by atoms with Crippen molar-refractivity contribution < 1.29 is 39.4 Å². The fourth-order valence-electron chi connectivity index (χ4n) is 8.20. The van der Waals surface area contributed by atoms with Gasteiger partial charge in [-0.05, 0) is 28.7 Å². The van der Waals surface area contributed by atoms with E-state index in [-0.39, 0.29) is 32.8 Å². The van der Waals surface area contributed by atoms with Crippen LogP contribution in [0, 0.1) is 5.41 Å². The van der Waals surface area contributed by atoms with Crippen LogP contribution in [0.5, 0.6) is 0 Å². The third kappa shape index (κ3) is 4.30. The molecule has 4 aliphatic rings. The molecular formula is C38H38O8. The molecule has 0 aromatic heterocycles. The largest absolute Gasteiger partial charge is 0.382 e. The monoisotopic (exact) mass is 622 g/mol. The summed E-state index contributed by atoms with van der Waals surface area (Å²) in [6.07, 6.45) is -3.57. The summed E-state index contributed by atoms with van der Waals surface area (Å²) in [6, 6.07) is 36.2.